The van der Waals surface area contributed by atoms with Crippen molar-refractivity contribution in [2.24, 2.45) is 17.8 Å². The molecule has 0 amide bonds. The molecule has 0 unspecified atom stereocenters. The van der Waals surface area contributed by atoms with Gasteiger partial charge in [0.25, 0.3) is 0 Å². The van der Waals surface area contributed by atoms with E-state index in [4.69, 9.17) is 0 Å². The van der Waals surface area contributed by atoms with Gasteiger partial charge in [0, 0.05) is 23.8 Å². The van der Waals surface area contributed by atoms with Crippen molar-refractivity contribution in [3.63, 3.8) is 0 Å². The second-order valence-electron chi connectivity index (χ2n) is 5.37. The smallest absolute Gasteiger partial charge is 0.137 e. The summed E-state index contributed by atoms with van der Waals surface area (Å²) in [7, 11) is 0. The third-order valence-electron chi connectivity index (χ3n) is 3.64. The third-order valence-corrected chi connectivity index (χ3v) is 3.64. The van der Waals surface area contributed by atoms with Crippen LogP contribution < -0.4 is 0 Å². The molecule has 2 atom stereocenters. The molecule has 0 aliphatic heterocycles. The average Bonchev–Trinajstić information content (AvgIpc) is 2.37. The van der Waals surface area contributed by atoms with Gasteiger partial charge in [-0.1, -0.05) is 43.9 Å². The number of rotatable bonds is 1. The Morgan fingerprint density at radius 2 is 1.94 bits per heavy atom. The number of ketones is 1. The first kappa shape index (κ1) is 12.9. The average molecular weight is 240 g/mol. The summed E-state index contributed by atoms with van der Waals surface area (Å²) < 4.78 is 0. The predicted octanol–water partition coefficient (Wildman–Crippen LogP) is 3.68. The fourth-order valence-corrected chi connectivity index (χ4v) is 2.76. The van der Waals surface area contributed by atoms with Gasteiger partial charge in [-0.3, -0.25) is 4.79 Å². The predicted molar refractivity (Wildman–Crippen MR) is 74.0 cm³/mol. The molecular formula is C17H20O. The maximum Gasteiger partial charge on any atom is 0.137 e. The molecule has 1 aromatic carbocycles. The number of hydrogen-bond donors (Lipinski definition) is 0. The zero-order chi connectivity index (χ0) is 13.0. The third kappa shape index (κ3) is 3.01. The Morgan fingerprint density at radius 3 is 2.61 bits per heavy atom. The lowest BCUT2D eigenvalue weighted by Gasteiger charge is -2.29. The highest BCUT2D eigenvalue weighted by Gasteiger charge is 2.32. The maximum absolute atomic E-state index is 12.0. The number of hydrogen-bond acceptors (Lipinski definition) is 1. The zero-order valence-corrected chi connectivity index (χ0v) is 11.1. The van der Waals surface area contributed by atoms with Gasteiger partial charge < -0.3 is 0 Å². The lowest BCUT2D eigenvalue weighted by atomic mass is 9.73. The highest BCUT2D eigenvalue weighted by molar-refractivity contribution is 5.82. The van der Waals surface area contributed by atoms with E-state index in [1.807, 2.05) is 30.3 Å². The minimum Gasteiger partial charge on any atom is -0.299 e. The van der Waals surface area contributed by atoms with Crippen molar-refractivity contribution in [3.8, 4) is 11.8 Å². The number of Topliss-reactive ketones (excluding diaryl/α,β-unsaturated/α-hetero) is 1. The summed E-state index contributed by atoms with van der Waals surface area (Å²) >= 11 is 0. The topological polar surface area (TPSA) is 17.1 Å². The number of carbonyl (C=O) groups excluding carboxylic acids is 1. The largest absolute Gasteiger partial charge is 0.299 e. The fraction of sp³-hybridized carbons (Fsp3) is 0.471. The van der Waals surface area contributed by atoms with Gasteiger partial charge in [0.05, 0.1) is 0 Å². The molecule has 0 heterocycles. The minimum absolute atomic E-state index is 0.134. The number of benzene rings is 1. The normalized spacial score (nSPS) is 23.6. The van der Waals surface area contributed by atoms with Crippen molar-refractivity contribution in [2.45, 2.75) is 33.1 Å². The van der Waals surface area contributed by atoms with Gasteiger partial charge in [0.15, 0.2) is 0 Å². The van der Waals surface area contributed by atoms with E-state index >= 15 is 0 Å². The standard InChI is InChI=1S/C17H20O/c1-13(2)17-15(9-6-10-16(17)18)12-11-14-7-4-3-5-8-14/h3-5,7-8,13,15,17H,6,9-10H2,1-2H3/t15-,17-/m0/s1. The molecule has 0 radical (unpaired) electrons. The molecule has 1 fully saturated rings. The molecule has 0 N–H and O–H groups in total. The Balaban J connectivity index is 2.16. The van der Waals surface area contributed by atoms with E-state index in [0.29, 0.717) is 11.7 Å². The Morgan fingerprint density at radius 1 is 1.22 bits per heavy atom. The minimum atomic E-state index is 0.134. The van der Waals surface area contributed by atoms with E-state index in [2.05, 4.69) is 25.7 Å². The summed E-state index contributed by atoms with van der Waals surface area (Å²) in [6, 6.07) is 10.0. The molecule has 1 aliphatic carbocycles. The fourth-order valence-electron chi connectivity index (χ4n) is 2.76. The highest BCUT2D eigenvalue weighted by Crippen LogP contribution is 2.32. The van der Waals surface area contributed by atoms with Gasteiger partial charge in [-0.15, -0.1) is 0 Å². The van der Waals surface area contributed by atoms with Gasteiger partial charge >= 0.3 is 0 Å². The van der Waals surface area contributed by atoms with Crippen LogP contribution in [0, 0.1) is 29.6 Å². The Hall–Kier alpha value is -1.55. The van der Waals surface area contributed by atoms with Crippen molar-refractivity contribution >= 4 is 5.78 Å². The molecular weight excluding hydrogens is 220 g/mol. The summed E-state index contributed by atoms with van der Waals surface area (Å²) in [6.45, 7) is 4.26. The first-order valence-electron chi connectivity index (χ1n) is 6.78. The van der Waals surface area contributed by atoms with E-state index in [0.717, 1.165) is 24.8 Å². The van der Waals surface area contributed by atoms with Gasteiger partial charge in [-0.05, 0) is 30.9 Å². The summed E-state index contributed by atoms with van der Waals surface area (Å²) in [5, 5.41) is 0. The molecule has 1 aliphatic rings. The molecule has 1 heteroatoms. The van der Waals surface area contributed by atoms with Crippen LogP contribution in [0.3, 0.4) is 0 Å². The zero-order valence-electron chi connectivity index (χ0n) is 11.1. The molecule has 1 saturated carbocycles. The maximum atomic E-state index is 12.0. The van der Waals surface area contributed by atoms with Crippen LogP contribution >= 0.6 is 0 Å². The van der Waals surface area contributed by atoms with Crippen molar-refractivity contribution in [1.29, 1.82) is 0 Å². The van der Waals surface area contributed by atoms with Crippen molar-refractivity contribution < 1.29 is 4.79 Å². The van der Waals surface area contributed by atoms with Gasteiger partial charge in [0.2, 0.25) is 0 Å². The van der Waals surface area contributed by atoms with Crippen LogP contribution in [-0.4, -0.2) is 5.78 Å². The Bertz CT molecular complexity index is 461. The Labute approximate surface area is 110 Å². The van der Waals surface area contributed by atoms with E-state index < -0.39 is 0 Å². The molecule has 94 valence electrons. The lowest BCUT2D eigenvalue weighted by Crippen LogP contribution is -2.31. The van der Waals surface area contributed by atoms with Crippen molar-refractivity contribution in [3.05, 3.63) is 35.9 Å². The van der Waals surface area contributed by atoms with Crippen LogP contribution in [0.1, 0.15) is 38.7 Å². The van der Waals surface area contributed by atoms with Gasteiger partial charge in [0.1, 0.15) is 5.78 Å². The molecule has 1 aromatic rings. The van der Waals surface area contributed by atoms with Crippen molar-refractivity contribution in [2.75, 3.05) is 0 Å². The summed E-state index contributed by atoms with van der Waals surface area (Å²) in [5.41, 5.74) is 1.04. The lowest BCUT2D eigenvalue weighted by molar-refractivity contribution is -0.127. The monoisotopic (exact) mass is 240 g/mol. The second kappa shape index (κ2) is 5.87. The quantitative estimate of drug-likeness (QED) is 0.684. The molecule has 0 bridgehead atoms. The van der Waals surface area contributed by atoms with E-state index in [9.17, 15) is 4.79 Å². The second-order valence-corrected chi connectivity index (χ2v) is 5.37. The van der Waals surface area contributed by atoms with Crippen LogP contribution in [0.25, 0.3) is 0 Å². The molecule has 1 nitrogen and oxygen atoms in total. The van der Waals surface area contributed by atoms with Gasteiger partial charge in [-0.25, -0.2) is 0 Å². The van der Waals surface area contributed by atoms with Crippen LogP contribution in [0.2, 0.25) is 0 Å². The summed E-state index contributed by atoms with van der Waals surface area (Å²) in [5.74, 6) is 7.73. The SMILES string of the molecule is CC(C)[C@@H]1C(=O)CCC[C@H]1C#Cc1ccccc1. The molecule has 0 aromatic heterocycles. The van der Waals surface area contributed by atoms with E-state index in [1.54, 1.807) is 0 Å². The molecule has 0 spiro atoms. The Kier molecular flexibility index (Phi) is 4.20. The van der Waals surface area contributed by atoms with Crippen LogP contribution in [0.15, 0.2) is 30.3 Å². The molecule has 0 saturated heterocycles. The summed E-state index contributed by atoms with van der Waals surface area (Å²) in [6.07, 6.45) is 2.80. The number of carbonyl (C=O) groups is 1. The first-order valence-corrected chi connectivity index (χ1v) is 6.78. The van der Waals surface area contributed by atoms with E-state index in [1.165, 1.54) is 0 Å². The van der Waals surface area contributed by atoms with Crippen LogP contribution in [0.4, 0.5) is 0 Å². The summed E-state index contributed by atoms with van der Waals surface area (Å²) in [4.78, 5) is 12.0. The van der Waals surface area contributed by atoms with Crippen LogP contribution in [-0.2, 0) is 4.79 Å². The van der Waals surface area contributed by atoms with Crippen LogP contribution in [0.5, 0.6) is 0 Å². The highest BCUT2D eigenvalue weighted by atomic mass is 16.1. The first-order chi connectivity index (χ1) is 8.68. The molecule has 2 rings (SSSR count). The molecule has 18 heavy (non-hydrogen) atoms. The van der Waals surface area contributed by atoms with E-state index in [-0.39, 0.29) is 11.8 Å². The van der Waals surface area contributed by atoms with Crippen molar-refractivity contribution in [1.82, 2.24) is 0 Å². The van der Waals surface area contributed by atoms with Gasteiger partial charge in [-0.2, -0.15) is 0 Å².